The second-order valence-corrected chi connectivity index (χ2v) is 3.94. The predicted octanol–water partition coefficient (Wildman–Crippen LogP) is 0.664. The highest BCUT2D eigenvalue weighted by atomic mass is 16.7. The summed E-state index contributed by atoms with van der Waals surface area (Å²) >= 11 is 0. The fourth-order valence-corrected chi connectivity index (χ4v) is 1.55. The molecule has 0 radical (unpaired) electrons. The molecule has 0 aliphatic carbocycles. The summed E-state index contributed by atoms with van der Waals surface area (Å²) in [5.74, 6) is -1.92. The zero-order valence-electron chi connectivity index (χ0n) is 9.20. The Morgan fingerprint density at radius 1 is 1.40 bits per heavy atom. The largest absolute Gasteiger partial charge is 0.424 e. The van der Waals surface area contributed by atoms with Gasteiger partial charge in [0, 0.05) is 6.92 Å². The summed E-state index contributed by atoms with van der Waals surface area (Å²) in [5.41, 5.74) is -1.08. The first-order valence-corrected chi connectivity index (χ1v) is 4.69. The Kier molecular flexibility index (Phi) is 2.83. The second-order valence-electron chi connectivity index (χ2n) is 3.94. The first-order valence-electron chi connectivity index (χ1n) is 4.69. The highest BCUT2D eigenvalue weighted by molar-refractivity contribution is 5.91. The highest BCUT2D eigenvalue weighted by Gasteiger charge is 2.57. The zero-order valence-corrected chi connectivity index (χ0v) is 9.20. The molecule has 1 aliphatic rings. The van der Waals surface area contributed by atoms with Crippen LogP contribution >= 0.6 is 0 Å². The molecule has 1 fully saturated rings. The van der Waals surface area contributed by atoms with Crippen LogP contribution in [0.15, 0.2) is 0 Å². The van der Waals surface area contributed by atoms with Gasteiger partial charge < -0.3 is 9.47 Å². The van der Waals surface area contributed by atoms with Crippen LogP contribution in [0.25, 0.3) is 0 Å². The van der Waals surface area contributed by atoms with E-state index in [1.807, 2.05) is 0 Å². The first kappa shape index (κ1) is 11.7. The highest BCUT2D eigenvalue weighted by Crippen LogP contribution is 2.41. The van der Waals surface area contributed by atoms with Gasteiger partial charge in [-0.1, -0.05) is 6.92 Å². The van der Waals surface area contributed by atoms with Gasteiger partial charge in [-0.15, -0.1) is 0 Å². The van der Waals surface area contributed by atoms with E-state index in [4.69, 9.17) is 9.47 Å². The summed E-state index contributed by atoms with van der Waals surface area (Å²) in [5, 5.41) is 0. The van der Waals surface area contributed by atoms with E-state index in [1.54, 1.807) is 13.8 Å². The standard InChI is InChI=1S/C10H14O5/c1-5-8(13)15-9(14-7(3)12)10(5,4)6(2)11/h5,9H,1-4H3/t5-,9+,10-/m0/s1. The number of esters is 2. The van der Waals surface area contributed by atoms with Gasteiger partial charge in [-0.2, -0.15) is 0 Å². The van der Waals surface area contributed by atoms with Gasteiger partial charge in [0.2, 0.25) is 0 Å². The number of carbonyl (C=O) groups excluding carboxylic acids is 3. The lowest BCUT2D eigenvalue weighted by molar-refractivity contribution is -0.188. The number of carbonyl (C=O) groups is 3. The number of Topliss-reactive ketones (excluding diaryl/α,β-unsaturated/α-hetero) is 1. The normalized spacial score (nSPS) is 34.8. The van der Waals surface area contributed by atoms with Crippen molar-refractivity contribution in [2.24, 2.45) is 11.3 Å². The van der Waals surface area contributed by atoms with Gasteiger partial charge in [0.05, 0.1) is 5.92 Å². The molecule has 0 aromatic carbocycles. The Balaban J connectivity index is 3.01. The van der Waals surface area contributed by atoms with E-state index >= 15 is 0 Å². The third-order valence-corrected chi connectivity index (χ3v) is 3.00. The molecule has 0 aromatic heterocycles. The van der Waals surface area contributed by atoms with Crippen LogP contribution in [0.5, 0.6) is 0 Å². The molecule has 0 N–H and O–H groups in total. The lowest BCUT2D eigenvalue weighted by Gasteiger charge is -2.27. The van der Waals surface area contributed by atoms with Crippen LogP contribution in [0.4, 0.5) is 0 Å². The SMILES string of the molecule is CC(=O)O[C@@H]1OC(=O)[C@H](C)[C@@]1(C)C(C)=O. The molecule has 3 atom stereocenters. The molecule has 0 saturated carbocycles. The van der Waals surface area contributed by atoms with Gasteiger partial charge >= 0.3 is 11.9 Å². The minimum Gasteiger partial charge on any atom is -0.424 e. The van der Waals surface area contributed by atoms with Crippen molar-refractivity contribution in [3.8, 4) is 0 Å². The van der Waals surface area contributed by atoms with Crippen molar-refractivity contribution in [3.63, 3.8) is 0 Å². The fourth-order valence-electron chi connectivity index (χ4n) is 1.55. The van der Waals surface area contributed by atoms with Crippen LogP contribution in [0.2, 0.25) is 0 Å². The topological polar surface area (TPSA) is 69.7 Å². The van der Waals surface area contributed by atoms with Crippen molar-refractivity contribution < 1.29 is 23.9 Å². The van der Waals surface area contributed by atoms with Gasteiger partial charge in [-0.3, -0.25) is 14.4 Å². The Morgan fingerprint density at radius 2 is 1.93 bits per heavy atom. The average Bonchev–Trinajstić information content (AvgIpc) is 2.31. The molecule has 1 rings (SSSR count). The summed E-state index contributed by atoms with van der Waals surface area (Å²) in [6, 6.07) is 0. The van der Waals surface area contributed by atoms with Crippen LogP contribution in [-0.4, -0.2) is 24.0 Å². The number of rotatable bonds is 2. The molecule has 15 heavy (non-hydrogen) atoms. The van der Waals surface area contributed by atoms with Crippen LogP contribution in [0, 0.1) is 11.3 Å². The Hall–Kier alpha value is -1.39. The number of ether oxygens (including phenoxy) is 2. The van der Waals surface area contributed by atoms with E-state index in [0.717, 1.165) is 0 Å². The van der Waals surface area contributed by atoms with Crippen molar-refractivity contribution in [2.75, 3.05) is 0 Å². The maximum Gasteiger partial charge on any atom is 0.313 e. The van der Waals surface area contributed by atoms with E-state index in [2.05, 4.69) is 0 Å². The number of hydrogen-bond donors (Lipinski definition) is 0. The lowest BCUT2D eigenvalue weighted by Crippen LogP contribution is -2.41. The maximum atomic E-state index is 11.5. The van der Waals surface area contributed by atoms with E-state index in [0.29, 0.717) is 0 Å². The van der Waals surface area contributed by atoms with Crippen LogP contribution in [0.3, 0.4) is 0 Å². The Bertz CT molecular complexity index is 320. The molecular formula is C10H14O5. The third kappa shape index (κ3) is 1.73. The van der Waals surface area contributed by atoms with Gasteiger partial charge in [0.15, 0.2) is 0 Å². The molecule has 0 aromatic rings. The van der Waals surface area contributed by atoms with Gasteiger partial charge in [0.1, 0.15) is 11.2 Å². The minimum atomic E-state index is -1.10. The molecule has 5 heteroatoms. The summed E-state index contributed by atoms with van der Waals surface area (Å²) in [4.78, 5) is 33.6. The van der Waals surface area contributed by atoms with Crippen LogP contribution < -0.4 is 0 Å². The molecule has 0 bridgehead atoms. The van der Waals surface area contributed by atoms with Gasteiger partial charge in [-0.25, -0.2) is 0 Å². The summed E-state index contributed by atoms with van der Waals surface area (Å²) in [6.07, 6.45) is -1.10. The third-order valence-electron chi connectivity index (χ3n) is 3.00. The Labute approximate surface area is 87.7 Å². The molecule has 1 saturated heterocycles. The van der Waals surface area contributed by atoms with Crippen molar-refractivity contribution in [1.82, 2.24) is 0 Å². The number of ketones is 1. The average molecular weight is 214 g/mol. The fraction of sp³-hybridized carbons (Fsp3) is 0.700. The van der Waals surface area contributed by atoms with E-state index in [9.17, 15) is 14.4 Å². The zero-order chi connectivity index (χ0) is 11.8. The second kappa shape index (κ2) is 3.64. The van der Waals surface area contributed by atoms with Crippen LogP contribution in [0.1, 0.15) is 27.7 Å². The monoisotopic (exact) mass is 214 g/mol. The molecule has 5 nitrogen and oxygen atoms in total. The van der Waals surface area contributed by atoms with Crippen molar-refractivity contribution in [3.05, 3.63) is 0 Å². The van der Waals surface area contributed by atoms with Crippen molar-refractivity contribution in [2.45, 2.75) is 34.0 Å². The molecule has 0 spiro atoms. The van der Waals surface area contributed by atoms with Gasteiger partial charge in [0.25, 0.3) is 6.29 Å². The van der Waals surface area contributed by atoms with E-state index in [1.165, 1.54) is 13.8 Å². The molecule has 0 unspecified atom stereocenters. The van der Waals surface area contributed by atoms with Crippen LogP contribution in [-0.2, 0) is 23.9 Å². The number of hydrogen-bond acceptors (Lipinski definition) is 5. The maximum absolute atomic E-state index is 11.5. The summed E-state index contributed by atoms with van der Waals surface area (Å²) in [6.45, 7) is 5.72. The predicted molar refractivity (Wildman–Crippen MR) is 49.6 cm³/mol. The molecule has 0 amide bonds. The first-order chi connectivity index (χ1) is 6.80. The van der Waals surface area contributed by atoms with Crippen molar-refractivity contribution in [1.29, 1.82) is 0 Å². The van der Waals surface area contributed by atoms with E-state index < -0.39 is 29.6 Å². The molecule has 1 heterocycles. The Morgan fingerprint density at radius 3 is 2.33 bits per heavy atom. The van der Waals surface area contributed by atoms with Crippen molar-refractivity contribution >= 4 is 17.7 Å². The minimum absolute atomic E-state index is 0.230. The van der Waals surface area contributed by atoms with Gasteiger partial charge in [-0.05, 0) is 13.8 Å². The summed E-state index contributed by atoms with van der Waals surface area (Å²) < 4.78 is 9.68. The molecule has 1 aliphatic heterocycles. The quantitative estimate of drug-likeness (QED) is 0.631. The lowest BCUT2D eigenvalue weighted by atomic mass is 9.76. The smallest absolute Gasteiger partial charge is 0.313 e. The summed E-state index contributed by atoms with van der Waals surface area (Å²) in [7, 11) is 0. The number of cyclic esters (lactones) is 1. The molecule has 84 valence electrons. The van der Waals surface area contributed by atoms with E-state index in [-0.39, 0.29) is 5.78 Å². The molecular weight excluding hydrogens is 200 g/mol.